The molecule has 0 aliphatic rings. The molecule has 0 aliphatic carbocycles. The molecule has 0 atom stereocenters. The van der Waals surface area contributed by atoms with Gasteiger partial charge in [0.05, 0.1) is 5.69 Å². The first-order valence-corrected chi connectivity index (χ1v) is 6.34. The van der Waals surface area contributed by atoms with E-state index in [-0.39, 0.29) is 5.75 Å². The van der Waals surface area contributed by atoms with Crippen molar-refractivity contribution >= 4 is 23.0 Å². The van der Waals surface area contributed by atoms with E-state index >= 15 is 0 Å². The summed E-state index contributed by atoms with van der Waals surface area (Å²) < 4.78 is 0. The summed E-state index contributed by atoms with van der Waals surface area (Å²) in [7, 11) is 0. The van der Waals surface area contributed by atoms with Gasteiger partial charge in [0.15, 0.2) is 0 Å². The fraction of sp³-hybridized carbons (Fsp3) is 0.143. The zero-order valence-electron chi connectivity index (χ0n) is 10.3. The van der Waals surface area contributed by atoms with Gasteiger partial charge in [-0.2, -0.15) is 0 Å². The Labute approximate surface area is 117 Å². The van der Waals surface area contributed by atoms with Crippen LogP contribution >= 0.6 is 12.2 Å². The fourth-order valence-corrected chi connectivity index (χ4v) is 1.78. The largest absolute Gasteiger partial charge is 0.508 e. The van der Waals surface area contributed by atoms with Crippen LogP contribution in [0.3, 0.4) is 0 Å². The highest BCUT2D eigenvalue weighted by molar-refractivity contribution is 7.80. The molecule has 0 bridgehead atoms. The maximum Gasteiger partial charge on any atom is 0.126 e. The highest BCUT2D eigenvalue weighted by Gasteiger charge is 2.00. The summed E-state index contributed by atoms with van der Waals surface area (Å²) in [6.45, 7) is 0.749. The van der Waals surface area contributed by atoms with Gasteiger partial charge in [0, 0.05) is 6.54 Å². The number of pyridine rings is 1. The lowest BCUT2D eigenvalue weighted by atomic mass is 10.1. The zero-order chi connectivity index (χ0) is 13.7. The number of anilines is 1. The van der Waals surface area contributed by atoms with Crippen molar-refractivity contribution in [2.75, 3.05) is 11.9 Å². The number of aromatic nitrogens is 1. The molecule has 0 spiro atoms. The highest BCUT2D eigenvalue weighted by Crippen LogP contribution is 2.10. The van der Waals surface area contributed by atoms with Gasteiger partial charge in [-0.15, -0.1) is 0 Å². The Balaban J connectivity index is 1.90. The number of rotatable bonds is 5. The summed E-state index contributed by atoms with van der Waals surface area (Å²) >= 11 is 4.89. The number of phenolic OH excluding ortho intramolecular Hbond substituents is 1. The standard InChI is InChI=1S/C14H15N3OS/c15-14(19)12-2-1-3-13(17-12)16-9-8-10-4-6-11(18)7-5-10/h1-7,18H,8-9H2,(H2,15,19)(H,16,17). The van der Waals surface area contributed by atoms with Crippen molar-refractivity contribution < 1.29 is 5.11 Å². The second-order valence-electron chi connectivity index (χ2n) is 4.12. The Morgan fingerprint density at radius 2 is 1.95 bits per heavy atom. The van der Waals surface area contributed by atoms with Crippen molar-refractivity contribution in [1.82, 2.24) is 4.98 Å². The van der Waals surface area contributed by atoms with Crippen LogP contribution in [0, 0.1) is 0 Å². The first-order chi connectivity index (χ1) is 9.15. The number of hydrogen-bond donors (Lipinski definition) is 3. The molecule has 98 valence electrons. The van der Waals surface area contributed by atoms with Gasteiger partial charge in [0.1, 0.15) is 16.6 Å². The van der Waals surface area contributed by atoms with Crippen LogP contribution in [-0.4, -0.2) is 21.6 Å². The minimum atomic E-state index is 0.280. The van der Waals surface area contributed by atoms with Crippen LogP contribution in [0.2, 0.25) is 0 Å². The first kappa shape index (κ1) is 13.3. The molecule has 4 N–H and O–H groups in total. The van der Waals surface area contributed by atoms with E-state index in [1.807, 2.05) is 24.3 Å². The zero-order valence-corrected chi connectivity index (χ0v) is 11.2. The smallest absolute Gasteiger partial charge is 0.126 e. The number of hydrogen-bond acceptors (Lipinski definition) is 4. The van der Waals surface area contributed by atoms with Crippen molar-refractivity contribution in [3.05, 3.63) is 53.7 Å². The van der Waals surface area contributed by atoms with E-state index in [0.717, 1.165) is 24.3 Å². The molecule has 0 unspecified atom stereocenters. The van der Waals surface area contributed by atoms with E-state index < -0.39 is 0 Å². The van der Waals surface area contributed by atoms with Crippen LogP contribution in [0.1, 0.15) is 11.3 Å². The summed E-state index contributed by atoms with van der Waals surface area (Å²) in [5.74, 6) is 1.03. The monoisotopic (exact) mass is 273 g/mol. The Hall–Kier alpha value is -2.14. The third-order valence-corrected chi connectivity index (χ3v) is 2.87. The maximum atomic E-state index is 9.19. The number of phenols is 1. The number of benzene rings is 1. The van der Waals surface area contributed by atoms with Crippen molar-refractivity contribution in [1.29, 1.82) is 0 Å². The van der Waals surface area contributed by atoms with Crippen molar-refractivity contribution in [3.8, 4) is 5.75 Å². The molecule has 1 heterocycles. The molecule has 0 radical (unpaired) electrons. The molecule has 0 amide bonds. The van der Waals surface area contributed by atoms with Gasteiger partial charge in [-0.05, 0) is 36.2 Å². The topological polar surface area (TPSA) is 71.2 Å². The van der Waals surface area contributed by atoms with E-state index in [1.54, 1.807) is 18.2 Å². The molecule has 2 rings (SSSR count). The summed E-state index contributed by atoms with van der Waals surface area (Å²) in [5.41, 5.74) is 7.30. The summed E-state index contributed by atoms with van der Waals surface area (Å²) in [6.07, 6.45) is 0.846. The number of thiocarbonyl (C=S) groups is 1. The molecular formula is C14H15N3OS. The third kappa shape index (κ3) is 3.93. The second kappa shape index (κ2) is 6.15. The van der Waals surface area contributed by atoms with Crippen LogP contribution in [0.5, 0.6) is 5.75 Å². The van der Waals surface area contributed by atoms with Crippen molar-refractivity contribution in [3.63, 3.8) is 0 Å². The quantitative estimate of drug-likeness (QED) is 0.728. The normalized spacial score (nSPS) is 10.1. The minimum Gasteiger partial charge on any atom is -0.508 e. The predicted molar refractivity (Wildman–Crippen MR) is 80.4 cm³/mol. The fourth-order valence-electron chi connectivity index (χ4n) is 1.67. The number of nitrogens with two attached hydrogens (primary N) is 1. The molecule has 1 aromatic carbocycles. The molecule has 2 aromatic rings. The Morgan fingerprint density at radius 3 is 2.63 bits per heavy atom. The van der Waals surface area contributed by atoms with Crippen LogP contribution in [-0.2, 0) is 6.42 Å². The van der Waals surface area contributed by atoms with Gasteiger partial charge < -0.3 is 16.2 Å². The highest BCUT2D eigenvalue weighted by atomic mass is 32.1. The summed E-state index contributed by atoms with van der Waals surface area (Å²) in [6, 6.07) is 12.7. The van der Waals surface area contributed by atoms with E-state index in [4.69, 9.17) is 18.0 Å². The molecule has 0 saturated carbocycles. The van der Waals surface area contributed by atoms with E-state index in [9.17, 15) is 5.11 Å². The van der Waals surface area contributed by atoms with Crippen LogP contribution < -0.4 is 11.1 Å². The van der Waals surface area contributed by atoms with E-state index in [1.165, 1.54) is 0 Å². The molecule has 1 aromatic heterocycles. The lowest BCUT2D eigenvalue weighted by Crippen LogP contribution is -2.13. The van der Waals surface area contributed by atoms with Gasteiger partial charge >= 0.3 is 0 Å². The van der Waals surface area contributed by atoms with Crippen LogP contribution in [0.25, 0.3) is 0 Å². The van der Waals surface area contributed by atoms with Gasteiger partial charge in [-0.25, -0.2) is 4.98 Å². The molecule has 0 aliphatic heterocycles. The maximum absolute atomic E-state index is 9.19. The number of nitrogens with one attached hydrogen (secondary N) is 1. The summed E-state index contributed by atoms with van der Waals surface area (Å²) in [4.78, 5) is 4.59. The van der Waals surface area contributed by atoms with Gasteiger partial charge in [0.25, 0.3) is 0 Å². The van der Waals surface area contributed by atoms with Gasteiger partial charge in [-0.1, -0.05) is 30.4 Å². The Morgan fingerprint density at radius 1 is 1.21 bits per heavy atom. The number of nitrogens with zero attached hydrogens (tertiary/aromatic N) is 1. The van der Waals surface area contributed by atoms with Gasteiger partial charge in [-0.3, -0.25) is 0 Å². The lowest BCUT2D eigenvalue weighted by molar-refractivity contribution is 0.475. The van der Waals surface area contributed by atoms with Crippen LogP contribution in [0.15, 0.2) is 42.5 Å². The van der Waals surface area contributed by atoms with E-state index in [2.05, 4.69) is 10.3 Å². The number of aromatic hydroxyl groups is 1. The molecular weight excluding hydrogens is 258 g/mol. The SMILES string of the molecule is NC(=S)c1cccc(NCCc2ccc(O)cc2)n1. The Bertz CT molecular complexity index is 569. The van der Waals surface area contributed by atoms with E-state index in [0.29, 0.717) is 10.7 Å². The average Bonchev–Trinajstić information content (AvgIpc) is 2.41. The molecule has 4 nitrogen and oxygen atoms in total. The third-order valence-electron chi connectivity index (χ3n) is 2.66. The molecule has 19 heavy (non-hydrogen) atoms. The first-order valence-electron chi connectivity index (χ1n) is 5.94. The van der Waals surface area contributed by atoms with Crippen molar-refractivity contribution in [2.24, 2.45) is 5.73 Å². The lowest BCUT2D eigenvalue weighted by Gasteiger charge is -2.07. The molecule has 0 fully saturated rings. The summed E-state index contributed by atoms with van der Waals surface area (Å²) in [5, 5.41) is 12.4. The second-order valence-corrected chi connectivity index (χ2v) is 4.56. The molecule has 5 heteroatoms. The average molecular weight is 273 g/mol. The Kier molecular flexibility index (Phi) is 4.30. The predicted octanol–water partition coefficient (Wildman–Crippen LogP) is 2.08. The van der Waals surface area contributed by atoms with Gasteiger partial charge in [0.2, 0.25) is 0 Å². The van der Waals surface area contributed by atoms with Crippen LogP contribution in [0.4, 0.5) is 5.82 Å². The van der Waals surface area contributed by atoms with Crippen molar-refractivity contribution in [2.45, 2.75) is 6.42 Å². The molecule has 0 saturated heterocycles. The minimum absolute atomic E-state index is 0.280.